The minimum Gasteiger partial charge on any atom is -0.493 e. The minimum absolute atomic E-state index is 0.382. The van der Waals surface area contributed by atoms with E-state index in [0.29, 0.717) is 18.3 Å². The first kappa shape index (κ1) is 12.8. The Balaban J connectivity index is 2.50. The van der Waals surface area contributed by atoms with Gasteiger partial charge in [-0.2, -0.15) is 0 Å². The number of nitrogens with zero attached hydrogens (tertiary/aromatic N) is 2. The molecule has 0 aliphatic carbocycles. The summed E-state index contributed by atoms with van der Waals surface area (Å²) in [6.07, 6.45) is 0. The molecule has 0 unspecified atom stereocenters. The number of halogens is 1. The Labute approximate surface area is 112 Å². The second-order valence-electron chi connectivity index (χ2n) is 3.89. The first-order valence-electron chi connectivity index (χ1n) is 5.87. The molecule has 0 fully saturated rings. The average molecular weight is 263 g/mol. The van der Waals surface area contributed by atoms with E-state index in [1.54, 1.807) is 0 Å². The molecule has 18 heavy (non-hydrogen) atoms. The van der Waals surface area contributed by atoms with Gasteiger partial charge in [-0.15, -0.1) is 11.6 Å². The molecule has 3 nitrogen and oxygen atoms in total. The van der Waals surface area contributed by atoms with E-state index in [4.69, 9.17) is 16.3 Å². The van der Waals surface area contributed by atoms with Crippen LogP contribution >= 0.6 is 11.6 Å². The van der Waals surface area contributed by atoms with Crippen molar-refractivity contribution in [2.45, 2.75) is 19.7 Å². The first-order chi connectivity index (χ1) is 8.74. The Morgan fingerprint density at radius 1 is 1.22 bits per heavy atom. The van der Waals surface area contributed by atoms with Gasteiger partial charge in [-0.25, -0.2) is 9.97 Å². The zero-order chi connectivity index (χ0) is 13.0. The molecule has 0 radical (unpaired) electrons. The Morgan fingerprint density at radius 2 is 2.00 bits per heavy atom. The highest BCUT2D eigenvalue weighted by Gasteiger charge is 2.09. The van der Waals surface area contributed by atoms with Crippen molar-refractivity contribution in [1.82, 2.24) is 9.97 Å². The van der Waals surface area contributed by atoms with Crippen LogP contribution in [0.25, 0.3) is 11.4 Å². The maximum absolute atomic E-state index is 5.84. The van der Waals surface area contributed by atoms with Crippen LogP contribution < -0.4 is 4.74 Å². The summed E-state index contributed by atoms with van der Waals surface area (Å²) in [6.45, 7) is 4.51. The van der Waals surface area contributed by atoms with Crippen molar-refractivity contribution < 1.29 is 4.74 Å². The van der Waals surface area contributed by atoms with Gasteiger partial charge in [0.25, 0.3) is 0 Å². The van der Waals surface area contributed by atoms with E-state index in [0.717, 1.165) is 22.7 Å². The second kappa shape index (κ2) is 5.83. The van der Waals surface area contributed by atoms with Crippen LogP contribution in [0, 0.1) is 6.92 Å². The van der Waals surface area contributed by atoms with Gasteiger partial charge >= 0.3 is 0 Å². The highest BCUT2D eigenvalue weighted by molar-refractivity contribution is 6.16. The number of hydrogen-bond acceptors (Lipinski definition) is 3. The Kier molecular flexibility index (Phi) is 4.15. The molecule has 0 N–H and O–H groups in total. The fourth-order valence-electron chi connectivity index (χ4n) is 1.76. The maximum Gasteiger partial charge on any atom is 0.163 e. The van der Waals surface area contributed by atoms with Crippen LogP contribution in [0.4, 0.5) is 0 Å². The van der Waals surface area contributed by atoms with Crippen molar-refractivity contribution in [3.05, 3.63) is 41.7 Å². The average Bonchev–Trinajstić information content (AvgIpc) is 2.39. The monoisotopic (exact) mass is 262 g/mol. The van der Waals surface area contributed by atoms with E-state index in [-0.39, 0.29) is 0 Å². The molecule has 0 atom stereocenters. The number of alkyl halides is 1. The maximum atomic E-state index is 5.84. The van der Waals surface area contributed by atoms with Crippen LogP contribution in [0.15, 0.2) is 30.3 Å². The van der Waals surface area contributed by atoms with Gasteiger partial charge in [-0.1, -0.05) is 12.1 Å². The molecule has 94 valence electrons. The molecule has 4 heteroatoms. The van der Waals surface area contributed by atoms with Gasteiger partial charge in [0.2, 0.25) is 0 Å². The van der Waals surface area contributed by atoms with Crippen molar-refractivity contribution in [2.75, 3.05) is 6.61 Å². The summed E-state index contributed by atoms with van der Waals surface area (Å²) in [5.41, 5.74) is 2.63. The van der Waals surface area contributed by atoms with E-state index in [2.05, 4.69) is 9.97 Å². The van der Waals surface area contributed by atoms with Crippen LogP contribution in [-0.2, 0) is 5.88 Å². The molecule has 1 aromatic carbocycles. The molecule has 1 heterocycles. The predicted molar refractivity (Wildman–Crippen MR) is 72.9 cm³/mol. The van der Waals surface area contributed by atoms with Gasteiger partial charge in [0.15, 0.2) is 5.82 Å². The van der Waals surface area contributed by atoms with Crippen molar-refractivity contribution in [1.29, 1.82) is 0 Å². The standard InChI is InChI=1S/C14H15ClN2O/c1-3-18-13-7-5-4-6-12(13)14-16-10(2)8-11(9-15)17-14/h4-8H,3,9H2,1-2H3. The third kappa shape index (κ3) is 2.79. The van der Waals surface area contributed by atoms with Crippen molar-refractivity contribution in [2.24, 2.45) is 0 Å². The van der Waals surface area contributed by atoms with Crippen molar-refractivity contribution in [3.8, 4) is 17.1 Å². The summed E-state index contributed by atoms with van der Waals surface area (Å²) < 4.78 is 5.59. The lowest BCUT2D eigenvalue weighted by Gasteiger charge is -2.10. The van der Waals surface area contributed by atoms with E-state index >= 15 is 0 Å². The topological polar surface area (TPSA) is 35.0 Å². The molecule has 0 spiro atoms. The van der Waals surface area contributed by atoms with E-state index < -0.39 is 0 Å². The van der Waals surface area contributed by atoms with Gasteiger partial charge in [-0.3, -0.25) is 0 Å². The molecule has 2 rings (SSSR count). The van der Waals surface area contributed by atoms with Gasteiger partial charge in [0.05, 0.1) is 23.7 Å². The van der Waals surface area contributed by atoms with Gasteiger partial charge < -0.3 is 4.74 Å². The summed E-state index contributed by atoms with van der Waals surface area (Å²) >= 11 is 5.84. The van der Waals surface area contributed by atoms with Crippen LogP contribution in [0.3, 0.4) is 0 Å². The van der Waals surface area contributed by atoms with Crippen molar-refractivity contribution >= 4 is 11.6 Å². The van der Waals surface area contributed by atoms with Crippen LogP contribution in [0.5, 0.6) is 5.75 Å². The first-order valence-corrected chi connectivity index (χ1v) is 6.40. The third-order valence-corrected chi connectivity index (χ3v) is 2.75. The predicted octanol–water partition coefficient (Wildman–Crippen LogP) is 3.59. The molecular weight excluding hydrogens is 248 g/mol. The van der Waals surface area contributed by atoms with E-state index in [9.17, 15) is 0 Å². The number of benzene rings is 1. The number of rotatable bonds is 4. The highest BCUT2D eigenvalue weighted by atomic mass is 35.5. The zero-order valence-corrected chi connectivity index (χ0v) is 11.2. The Bertz CT molecular complexity index is 543. The van der Waals surface area contributed by atoms with Crippen LogP contribution in [0.1, 0.15) is 18.3 Å². The molecular formula is C14H15ClN2O. The number of hydrogen-bond donors (Lipinski definition) is 0. The minimum atomic E-state index is 0.382. The summed E-state index contributed by atoms with van der Waals surface area (Å²) in [5.74, 6) is 1.84. The smallest absolute Gasteiger partial charge is 0.163 e. The highest BCUT2D eigenvalue weighted by Crippen LogP contribution is 2.27. The lowest BCUT2D eigenvalue weighted by atomic mass is 10.2. The Morgan fingerprint density at radius 3 is 2.72 bits per heavy atom. The van der Waals surface area contributed by atoms with Crippen LogP contribution in [0.2, 0.25) is 0 Å². The van der Waals surface area contributed by atoms with E-state index in [1.807, 2.05) is 44.2 Å². The largest absolute Gasteiger partial charge is 0.493 e. The summed E-state index contributed by atoms with van der Waals surface area (Å²) in [7, 11) is 0. The summed E-state index contributed by atoms with van der Waals surface area (Å²) in [6, 6.07) is 9.65. The number of aryl methyl sites for hydroxylation is 1. The molecule has 0 saturated heterocycles. The molecule has 2 aromatic rings. The molecule has 0 aliphatic heterocycles. The number of para-hydroxylation sites is 1. The quantitative estimate of drug-likeness (QED) is 0.790. The fourth-order valence-corrected chi connectivity index (χ4v) is 1.89. The Hall–Kier alpha value is -1.61. The summed E-state index contributed by atoms with van der Waals surface area (Å²) in [4.78, 5) is 8.89. The van der Waals surface area contributed by atoms with Crippen molar-refractivity contribution in [3.63, 3.8) is 0 Å². The molecule has 0 aliphatic rings. The second-order valence-corrected chi connectivity index (χ2v) is 4.15. The SMILES string of the molecule is CCOc1ccccc1-c1nc(C)cc(CCl)n1. The summed E-state index contributed by atoms with van der Waals surface area (Å²) in [5, 5.41) is 0. The van der Waals surface area contributed by atoms with Gasteiger partial charge in [0, 0.05) is 5.69 Å². The number of ether oxygens (including phenoxy) is 1. The van der Waals surface area contributed by atoms with Gasteiger partial charge in [0.1, 0.15) is 5.75 Å². The lowest BCUT2D eigenvalue weighted by Crippen LogP contribution is -1.99. The normalized spacial score (nSPS) is 10.4. The van der Waals surface area contributed by atoms with Crippen LogP contribution in [-0.4, -0.2) is 16.6 Å². The molecule has 0 amide bonds. The number of aromatic nitrogens is 2. The molecule has 0 saturated carbocycles. The third-order valence-electron chi connectivity index (χ3n) is 2.47. The molecule has 1 aromatic heterocycles. The molecule has 0 bridgehead atoms. The van der Waals surface area contributed by atoms with E-state index in [1.165, 1.54) is 0 Å². The zero-order valence-electron chi connectivity index (χ0n) is 10.5. The van der Waals surface area contributed by atoms with Gasteiger partial charge in [-0.05, 0) is 32.0 Å². The lowest BCUT2D eigenvalue weighted by molar-refractivity contribution is 0.341. The fraction of sp³-hybridized carbons (Fsp3) is 0.286.